The van der Waals surface area contributed by atoms with E-state index in [1.165, 1.54) is 18.4 Å². The van der Waals surface area contributed by atoms with Gasteiger partial charge in [0.25, 0.3) is 10.0 Å². The number of rotatable bonds is 4. The molecule has 114 valence electrons. The standard InChI is InChI=1S/C14H18N2O3S2/c1-14(2,3)10-5-6-12(11(9-10)19-4)21(17,18)16-13-15-7-8-20-13/h5-9H,1-4H3,(H,15,16). The van der Waals surface area contributed by atoms with E-state index in [9.17, 15) is 8.42 Å². The van der Waals surface area contributed by atoms with Gasteiger partial charge in [-0.05, 0) is 23.1 Å². The van der Waals surface area contributed by atoms with Gasteiger partial charge in [0.1, 0.15) is 10.6 Å². The van der Waals surface area contributed by atoms with Gasteiger partial charge < -0.3 is 4.74 Å². The van der Waals surface area contributed by atoms with E-state index in [-0.39, 0.29) is 10.3 Å². The van der Waals surface area contributed by atoms with Crippen LogP contribution in [0.25, 0.3) is 0 Å². The molecule has 0 aliphatic carbocycles. The third-order valence-corrected chi connectivity index (χ3v) is 5.17. The predicted octanol–water partition coefficient (Wildman–Crippen LogP) is 3.25. The van der Waals surface area contributed by atoms with E-state index in [0.29, 0.717) is 10.9 Å². The number of anilines is 1. The van der Waals surface area contributed by atoms with Crippen molar-refractivity contribution in [1.82, 2.24) is 4.98 Å². The number of nitrogens with one attached hydrogen (secondary N) is 1. The lowest BCUT2D eigenvalue weighted by atomic mass is 9.87. The molecule has 7 heteroatoms. The van der Waals surface area contributed by atoms with E-state index in [1.807, 2.05) is 0 Å². The molecule has 0 radical (unpaired) electrons. The Morgan fingerprint density at radius 2 is 2.00 bits per heavy atom. The molecule has 2 aromatic rings. The summed E-state index contributed by atoms with van der Waals surface area (Å²) in [6, 6.07) is 5.13. The van der Waals surface area contributed by atoms with E-state index in [2.05, 4.69) is 30.5 Å². The minimum absolute atomic E-state index is 0.0850. The zero-order chi connectivity index (χ0) is 15.7. The SMILES string of the molecule is COc1cc(C(C)(C)C)ccc1S(=O)(=O)Nc1nccs1. The molecule has 0 unspecified atom stereocenters. The maximum atomic E-state index is 12.4. The molecule has 0 bridgehead atoms. The van der Waals surface area contributed by atoms with Crippen molar-refractivity contribution in [3.63, 3.8) is 0 Å². The van der Waals surface area contributed by atoms with Crippen LogP contribution in [0.15, 0.2) is 34.7 Å². The fourth-order valence-corrected chi connectivity index (χ4v) is 3.74. The lowest BCUT2D eigenvalue weighted by molar-refractivity contribution is 0.400. The monoisotopic (exact) mass is 326 g/mol. The minimum atomic E-state index is -3.72. The molecule has 21 heavy (non-hydrogen) atoms. The van der Waals surface area contributed by atoms with Crippen molar-refractivity contribution in [2.45, 2.75) is 31.1 Å². The summed E-state index contributed by atoms with van der Waals surface area (Å²) in [5.41, 5.74) is 0.922. The highest BCUT2D eigenvalue weighted by molar-refractivity contribution is 7.93. The quantitative estimate of drug-likeness (QED) is 0.936. The fraction of sp³-hybridized carbons (Fsp3) is 0.357. The van der Waals surface area contributed by atoms with Crippen LogP contribution in [0.2, 0.25) is 0 Å². The van der Waals surface area contributed by atoms with E-state index >= 15 is 0 Å². The van der Waals surface area contributed by atoms with Crippen molar-refractivity contribution >= 4 is 26.5 Å². The van der Waals surface area contributed by atoms with Crippen LogP contribution in [0, 0.1) is 0 Å². The van der Waals surface area contributed by atoms with Crippen molar-refractivity contribution in [2.24, 2.45) is 0 Å². The molecule has 2 rings (SSSR count). The lowest BCUT2D eigenvalue weighted by Crippen LogP contribution is -2.16. The smallest absolute Gasteiger partial charge is 0.267 e. The Hall–Kier alpha value is -1.60. The summed E-state index contributed by atoms with van der Waals surface area (Å²) < 4.78 is 32.5. The molecule has 0 aliphatic rings. The molecule has 1 aromatic carbocycles. The van der Waals surface area contributed by atoms with Crippen LogP contribution < -0.4 is 9.46 Å². The Morgan fingerprint density at radius 3 is 2.52 bits per heavy atom. The Morgan fingerprint density at radius 1 is 1.29 bits per heavy atom. The lowest BCUT2D eigenvalue weighted by Gasteiger charge is -2.21. The van der Waals surface area contributed by atoms with Crippen LogP contribution in [0.1, 0.15) is 26.3 Å². The number of benzene rings is 1. The van der Waals surface area contributed by atoms with E-state index < -0.39 is 10.0 Å². The average Bonchev–Trinajstić information content (AvgIpc) is 2.89. The van der Waals surface area contributed by atoms with Gasteiger partial charge in [0.2, 0.25) is 0 Å². The number of aromatic nitrogens is 1. The summed E-state index contributed by atoms with van der Waals surface area (Å²) in [7, 11) is -2.25. The largest absolute Gasteiger partial charge is 0.495 e. The molecule has 0 atom stereocenters. The molecule has 0 spiro atoms. The molecular formula is C14H18N2O3S2. The van der Waals surface area contributed by atoms with Crippen LogP contribution in [0.5, 0.6) is 5.75 Å². The first-order valence-electron chi connectivity index (χ1n) is 6.35. The number of methoxy groups -OCH3 is 1. The first kappa shape index (κ1) is 15.8. The average molecular weight is 326 g/mol. The maximum Gasteiger partial charge on any atom is 0.267 e. The number of hydrogen-bond acceptors (Lipinski definition) is 5. The van der Waals surface area contributed by atoms with Crippen molar-refractivity contribution in [1.29, 1.82) is 0 Å². The topological polar surface area (TPSA) is 68.3 Å². The third kappa shape index (κ3) is 3.54. The van der Waals surface area contributed by atoms with Gasteiger partial charge in [-0.15, -0.1) is 11.3 Å². The molecule has 1 heterocycles. The Balaban J connectivity index is 2.44. The van der Waals surface area contributed by atoms with Crippen LogP contribution in [0.3, 0.4) is 0 Å². The highest BCUT2D eigenvalue weighted by atomic mass is 32.2. The zero-order valence-corrected chi connectivity index (χ0v) is 14.0. The second-order valence-corrected chi connectivity index (χ2v) is 8.10. The van der Waals surface area contributed by atoms with Crippen molar-refractivity contribution in [3.8, 4) is 5.75 Å². The molecular weight excluding hydrogens is 308 g/mol. The highest BCUT2D eigenvalue weighted by Crippen LogP contribution is 2.32. The zero-order valence-electron chi connectivity index (χ0n) is 12.4. The molecule has 0 amide bonds. The van der Waals surface area contributed by atoms with Crippen molar-refractivity contribution < 1.29 is 13.2 Å². The molecule has 1 N–H and O–H groups in total. The van der Waals surface area contributed by atoms with Gasteiger partial charge in [-0.2, -0.15) is 0 Å². The van der Waals surface area contributed by atoms with Crippen LogP contribution in [-0.2, 0) is 15.4 Å². The van der Waals surface area contributed by atoms with Crippen LogP contribution in [0.4, 0.5) is 5.13 Å². The summed E-state index contributed by atoms with van der Waals surface area (Å²) in [6.45, 7) is 6.18. The minimum Gasteiger partial charge on any atom is -0.495 e. The summed E-state index contributed by atoms with van der Waals surface area (Å²) in [4.78, 5) is 4.03. The number of sulfonamides is 1. The molecule has 5 nitrogen and oxygen atoms in total. The first-order chi connectivity index (χ1) is 9.74. The second-order valence-electron chi connectivity index (χ2n) is 5.56. The molecule has 0 saturated carbocycles. The Bertz CT molecular complexity index is 717. The number of hydrogen-bond donors (Lipinski definition) is 1. The normalized spacial score (nSPS) is 12.2. The fourth-order valence-electron chi connectivity index (χ4n) is 1.80. The van der Waals surface area contributed by atoms with Gasteiger partial charge in [-0.25, -0.2) is 13.4 Å². The van der Waals surface area contributed by atoms with Gasteiger partial charge in [0.05, 0.1) is 7.11 Å². The molecule has 1 aromatic heterocycles. The van der Waals surface area contributed by atoms with Gasteiger partial charge in [0, 0.05) is 11.6 Å². The Labute approximate surface area is 129 Å². The van der Waals surface area contributed by atoms with Crippen LogP contribution >= 0.6 is 11.3 Å². The van der Waals surface area contributed by atoms with Gasteiger partial charge in [-0.3, -0.25) is 4.72 Å². The number of nitrogens with zero attached hydrogens (tertiary/aromatic N) is 1. The summed E-state index contributed by atoms with van der Waals surface area (Å²) >= 11 is 1.22. The number of thiazole rings is 1. The van der Waals surface area contributed by atoms with E-state index in [0.717, 1.165) is 5.56 Å². The van der Waals surface area contributed by atoms with Crippen LogP contribution in [-0.4, -0.2) is 20.5 Å². The predicted molar refractivity (Wildman–Crippen MR) is 84.6 cm³/mol. The van der Waals surface area contributed by atoms with Gasteiger partial charge in [-0.1, -0.05) is 26.8 Å². The summed E-state index contributed by atoms with van der Waals surface area (Å²) in [6.07, 6.45) is 1.54. The summed E-state index contributed by atoms with van der Waals surface area (Å²) in [5, 5.41) is 2.04. The van der Waals surface area contributed by atoms with Crippen molar-refractivity contribution in [2.75, 3.05) is 11.8 Å². The van der Waals surface area contributed by atoms with E-state index in [4.69, 9.17) is 4.74 Å². The second kappa shape index (κ2) is 5.65. The van der Waals surface area contributed by atoms with E-state index in [1.54, 1.807) is 29.8 Å². The maximum absolute atomic E-state index is 12.4. The molecule has 0 saturated heterocycles. The van der Waals surface area contributed by atoms with Gasteiger partial charge in [0.15, 0.2) is 5.13 Å². The van der Waals surface area contributed by atoms with Crippen molar-refractivity contribution in [3.05, 3.63) is 35.3 Å². The summed E-state index contributed by atoms with van der Waals surface area (Å²) in [5.74, 6) is 0.325. The molecule has 0 aliphatic heterocycles. The number of ether oxygens (including phenoxy) is 1. The first-order valence-corrected chi connectivity index (χ1v) is 8.71. The molecule has 0 fully saturated rings. The van der Waals surface area contributed by atoms with Gasteiger partial charge >= 0.3 is 0 Å². The third-order valence-electron chi connectivity index (χ3n) is 2.97. The highest BCUT2D eigenvalue weighted by Gasteiger charge is 2.23. The Kier molecular flexibility index (Phi) is 4.25.